The van der Waals surface area contributed by atoms with Crippen molar-refractivity contribution in [2.75, 3.05) is 6.79 Å². The smallest absolute Gasteiger partial charge is 0.235 e. The molecule has 0 aromatic heterocycles. The minimum atomic E-state index is -0.555. The van der Waals surface area contributed by atoms with Gasteiger partial charge in [-0.15, -0.1) is 0 Å². The number of phenols is 1. The van der Waals surface area contributed by atoms with E-state index in [2.05, 4.69) is 4.99 Å². The van der Waals surface area contributed by atoms with Crippen LogP contribution in [0.4, 0.5) is 0 Å². The Bertz CT molecular complexity index is 528. The van der Waals surface area contributed by atoms with Crippen molar-refractivity contribution in [2.45, 2.75) is 31.2 Å². The molecule has 0 atom stereocenters. The van der Waals surface area contributed by atoms with Gasteiger partial charge in [0.1, 0.15) is 0 Å². The van der Waals surface area contributed by atoms with Gasteiger partial charge in [0, 0.05) is 0 Å². The number of nitrogens with zero attached hydrogens (tertiary/aromatic N) is 1. The summed E-state index contributed by atoms with van der Waals surface area (Å²) in [7, 11) is 0. The van der Waals surface area contributed by atoms with E-state index in [1.807, 2.05) is 0 Å². The summed E-state index contributed by atoms with van der Waals surface area (Å²) in [5.41, 5.74) is 0.241. The van der Waals surface area contributed by atoms with Crippen molar-refractivity contribution < 1.29 is 19.4 Å². The summed E-state index contributed by atoms with van der Waals surface area (Å²) in [6.07, 6.45) is 5.27. The molecule has 0 unspecified atom stereocenters. The number of isocyanates is 1. The number of aromatic hydroxyl groups is 1. The zero-order chi connectivity index (χ0) is 12.6. The van der Waals surface area contributed by atoms with Crippen LogP contribution < -0.4 is 9.47 Å². The van der Waals surface area contributed by atoms with Gasteiger partial charge in [-0.1, -0.05) is 12.8 Å². The average molecular weight is 247 g/mol. The summed E-state index contributed by atoms with van der Waals surface area (Å²) in [5, 5.41) is 9.91. The predicted molar refractivity (Wildman–Crippen MR) is 62.5 cm³/mol. The van der Waals surface area contributed by atoms with E-state index in [0.29, 0.717) is 11.5 Å². The van der Waals surface area contributed by atoms with E-state index in [1.165, 1.54) is 0 Å². The molecule has 5 heteroatoms. The zero-order valence-corrected chi connectivity index (χ0v) is 9.81. The first kappa shape index (κ1) is 11.1. The van der Waals surface area contributed by atoms with Gasteiger partial charge in [-0.05, 0) is 30.5 Å². The molecule has 94 valence electrons. The highest BCUT2D eigenvalue weighted by Crippen LogP contribution is 2.48. The van der Waals surface area contributed by atoms with Gasteiger partial charge in [0.2, 0.25) is 18.6 Å². The van der Waals surface area contributed by atoms with Crippen molar-refractivity contribution in [3.05, 3.63) is 17.7 Å². The van der Waals surface area contributed by atoms with Crippen LogP contribution in [0, 0.1) is 0 Å². The van der Waals surface area contributed by atoms with Gasteiger partial charge in [0.25, 0.3) is 0 Å². The first-order valence-electron chi connectivity index (χ1n) is 5.97. The van der Waals surface area contributed by atoms with Crippen molar-refractivity contribution in [3.8, 4) is 17.2 Å². The molecule has 2 aliphatic rings. The van der Waals surface area contributed by atoms with Gasteiger partial charge in [-0.3, -0.25) is 0 Å². The maximum Gasteiger partial charge on any atom is 0.235 e. The Morgan fingerprint density at radius 2 is 2.06 bits per heavy atom. The molecule has 1 saturated carbocycles. The lowest BCUT2D eigenvalue weighted by atomic mass is 9.88. The van der Waals surface area contributed by atoms with Crippen molar-refractivity contribution in [3.63, 3.8) is 0 Å². The molecule has 0 bridgehead atoms. The molecule has 0 radical (unpaired) electrons. The first-order chi connectivity index (χ1) is 8.75. The third kappa shape index (κ3) is 1.56. The monoisotopic (exact) mass is 247 g/mol. The molecule has 1 N–H and O–H groups in total. The summed E-state index contributed by atoms with van der Waals surface area (Å²) in [6, 6.07) is 3.41. The van der Waals surface area contributed by atoms with Gasteiger partial charge < -0.3 is 14.6 Å². The second-order valence-electron chi connectivity index (χ2n) is 4.67. The van der Waals surface area contributed by atoms with Crippen LogP contribution in [0.15, 0.2) is 17.1 Å². The van der Waals surface area contributed by atoms with Crippen LogP contribution in [-0.2, 0) is 10.3 Å². The Kier molecular flexibility index (Phi) is 2.49. The molecule has 0 amide bonds. The minimum Gasteiger partial charge on any atom is -0.504 e. The Balaban J connectivity index is 2.11. The van der Waals surface area contributed by atoms with E-state index in [0.717, 1.165) is 31.2 Å². The topological polar surface area (TPSA) is 68.1 Å². The van der Waals surface area contributed by atoms with E-state index < -0.39 is 5.54 Å². The molecular weight excluding hydrogens is 234 g/mol. The van der Waals surface area contributed by atoms with Crippen LogP contribution in [0.1, 0.15) is 31.2 Å². The summed E-state index contributed by atoms with van der Waals surface area (Å²) in [5.74, 6) is 0.909. The van der Waals surface area contributed by atoms with Crippen LogP contribution in [0.25, 0.3) is 0 Å². The van der Waals surface area contributed by atoms with Gasteiger partial charge in [0.15, 0.2) is 11.5 Å². The highest BCUT2D eigenvalue weighted by atomic mass is 16.7. The van der Waals surface area contributed by atoms with Gasteiger partial charge in [0.05, 0.1) is 5.54 Å². The summed E-state index contributed by atoms with van der Waals surface area (Å²) in [6.45, 7) is 0.107. The molecular formula is C13H13NO4. The minimum absolute atomic E-state index is 0.0346. The maximum atomic E-state index is 10.6. The van der Waals surface area contributed by atoms with Crippen molar-refractivity contribution in [1.29, 1.82) is 0 Å². The average Bonchev–Trinajstić information content (AvgIpc) is 2.98. The molecule has 1 heterocycles. The maximum absolute atomic E-state index is 10.6. The molecule has 0 saturated heterocycles. The van der Waals surface area contributed by atoms with Crippen LogP contribution in [0.3, 0.4) is 0 Å². The summed E-state index contributed by atoms with van der Waals surface area (Å²) >= 11 is 0. The number of phenolic OH excluding ortho intramolecular Hbond substituents is 1. The number of hydrogen-bond acceptors (Lipinski definition) is 5. The summed E-state index contributed by atoms with van der Waals surface area (Å²) < 4.78 is 10.4. The first-order valence-corrected chi connectivity index (χ1v) is 5.97. The molecule has 3 rings (SSSR count). The second-order valence-corrected chi connectivity index (χ2v) is 4.67. The number of hydrogen-bond donors (Lipinski definition) is 1. The standard InChI is InChI=1S/C13H13NO4/c15-7-14-13(3-1-2-4-13)9-5-10(16)12-11(6-9)17-8-18-12/h5-6,16H,1-4,8H2. The number of ether oxygens (including phenoxy) is 2. The number of aliphatic imine (C=N–C) groups is 1. The van der Waals surface area contributed by atoms with Crippen LogP contribution in [0.5, 0.6) is 17.2 Å². The van der Waals surface area contributed by atoms with E-state index >= 15 is 0 Å². The Labute approximate surface area is 104 Å². The van der Waals surface area contributed by atoms with Crippen LogP contribution in [-0.4, -0.2) is 18.0 Å². The highest BCUT2D eigenvalue weighted by Gasteiger charge is 2.37. The summed E-state index contributed by atoms with van der Waals surface area (Å²) in [4.78, 5) is 14.6. The van der Waals surface area contributed by atoms with Crippen LogP contribution in [0.2, 0.25) is 0 Å². The number of carbonyl (C=O) groups excluding carboxylic acids is 1. The van der Waals surface area contributed by atoms with Gasteiger partial charge in [-0.25, -0.2) is 4.79 Å². The molecule has 18 heavy (non-hydrogen) atoms. The Morgan fingerprint density at radius 1 is 1.28 bits per heavy atom. The highest BCUT2D eigenvalue weighted by molar-refractivity contribution is 5.56. The Hall–Kier alpha value is -2.00. The number of fused-ring (bicyclic) bond motifs is 1. The van der Waals surface area contributed by atoms with E-state index in [9.17, 15) is 9.90 Å². The predicted octanol–water partition coefficient (Wildman–Crippen LogP) is 2.23. The lowest BCUT2D eigenvalue weighted by Crippen LogP contribution is -2.18. The van der Waals surface area contributed by atoms with Crippen LogP contribution >= 0.6 is 0 Å². The SMILES string of the molecule is O=C=NC1(c2cc(O)c3c(c2)OCO3)CCCC1. The number of rotatable bonds is 2. The van der Waals surface area contributed by atoms with Crippen molar-refractivity contribution in [2.24, 2.45) is 4.99 Å². The second kappa shape index (κ2) is 4.03. The molecule has 1 aromatic rings. The molecule has 5 nitrogen and oxygen atoms in total. The quantitative estimate of drug-likeness (QED) is 0.642. The molecule has 1 fully saturated rings. The van der Waals surface area contributed by atoms with E-state index in [-0.39, 0.29) is 12.5 Å². The third-order valence-electron chi connectivity index (χ3n) is 3.68. The van der Waals surface area contributed by atoms with Gasteiger partial charge >= 0.3 is 0 Å². The molecule has 1 aliphatic carbocycles. The number of benzene rings is 1. The largest absolute Gasteiger partial charge is 0.504 e. The lowest BCUT2D eigenvalue weighted by Gasteiger charge is -2.23. The third-order valence-corrected chi connectivity index (χ3v) is 3.68. The van der Waals surface area contributed by atoms with Crippen molar-refractivity contribution >= 4 is 6.08 Å². The van der Waals surface area contributed by atoms with E-state index in [4.69, 9.17) is 9.47 Å². The molecule has 1 aliphatic heterocycles. The fourth-order valence-corrected chi connectivity index (χ4v) is 2.77. The normalized spacial score (nSPS) is 19.6. The lowest BCUT2D eigenvalue weighted by molar-refractivity contribution is 0.171. The fraction of sp³-hybridized carbons (Fsp3) is 0.462. The van der Waals surface area contributed by atoms with Crippen molar-refractivity contribution in [1.82, 2.24) is 0 Å². The Morgan fingerprint density at radius 3 is 2.78 bits per heavy atom. The van der Waals surface area contributed by atoms with E-state index in [1.54, 1.807) is 18.2 Å². The molecule has 1 aromatic carbocycles. The zero-order valence-electron chi connectivity index (χ0n) is 9.81. The van der Waals surface area contributed by atoms with Gasteiger partial charge in [-0.2, -0.15) is 4.99 Å². The fourth-order valence-electron chi connectivity index (χ4n) is 2.77. The molecule has 0 spiro atoms.